The van der Waals surface area contributed by atoms with Gasteiger partial charge in [-0.3, -0.25) is 14.5 Å². The zero-order chi connectivity index (χ0) is 21.6. The van der Waals surface area contributed by atoms with Gasteiger partial charge in [-0.25, -0.2) is 0 Å². The minimum Gasteiger partial charge on any atom is -0.326 e. The van der Waals surface area contributed by atoms with Gasteiger partial charge in [0.1, 0.15) is 5.37 Å². The molecule has 1 aliphatic carbocycles. The summed E-state index contributed by atoms with van der Waals surface area (Å²) < 4.78 is 0. The first-order valence-corrected chi connectivity index (χ1v) is 12.6. The highest BCUT2D eigenvalue weighted by Gasteiger charge is 2.35. The average molecular weight is 437 g/mol. The van der Waals surface area contributed by atoms with Crippen LogP contribution in [0.3, 0.4) is 0 Å². The third kappa shape index (κ3) is 5.32. The van der Waals surface area contributed by atoms with Crippen LogP contribution in [0.4, 0.5) is 11.4 Å². The minimum absolute atomic E-state index is 0.0687. The fourth-order valence-corrected chi connectivity index (χ4v) is 5.94. The highest BCUT2D eigenvalue weighted by molar-refractivity contribution is 8.00. The van der Waals surface area contributed by atoms with Crippen LogP contribution in [0.2, 0.25) is 0 Å². The van der Waals surface area contributed by atoms with E-state index >= 15 is 0 Å². The van der Waals surface area contributed by atoms with Gasteiger partial charge >= 0.3 is 0 Å². The molecule has 2 fully saturated rings. The van der Waals surface area contributed by atoms with Gasteiger partial charge in [-0.2, -0.15) is 0 Å². The standard InChI is InChI=1S/C26H32N2O2S/c1-2-8-20-11-5-6-14-23(20)28-25(30)18-31-26(28)21-12-7-13-22(17-21)27-24(29)16-15-19-9-3-4-10-19/h5-7,11-14,17,19,26H,2-4,8-10,15-16,18H2,1H3,(H,27,29)/t26-/m0/s1. The number of rotatable bonds is 8. The molecule has 0 bridgehead atoms. The Morgan fingerprint density at radius 2 is 1.94 bits per heavy atom. The fraction of sp³-hybridized carbons (Fsp3) is 0.462. The molecule has 2 aromatic carbocycles. The van der Waals surface area contributed by atoms with E-state index in [1.807, 2.05) is 35.2 Å². The van der Waals surface area contributed by atoms with Gasteiger partial charge in [0.15, 0.2) is 0 Å². The number of para-hydroxylation sites is 1. The normalized spacial score (nSPS) is 19.2. The number of anilines is 2. The molecule has 1 N–H and O–H groups in total. The van der Waals surface area contributed by atoms with E-state index in [4.69, 9.17) is 0 Å². The summed E-state index contributed by atoms with van der Waals surface area (Å²) in [6.45, 7) is 2.16. The molecule has 0 spiro atoms. The van der Waals surface area contributed by atoms with E-state index < -0.39 is 0 Å². The van der Waals surface area contributed by atoms with Gasteiger partial charge in [0.25, 0.3) is 0 Å². The zero-order valence-electron chi connectivity index (χ0n) is 18.3. The van der Waals surface area contributed by atoms with Crippen LogP contribution in [0.5, 0.6) is 0 Å². The van der Waals surface area contributed by atoms with Gasteiger partial charge in [0, 0.05) is 17.8 Å². The summed E-state index contributed by atoms with van der Waals surface area (Å²) in [5, 5.41) is 3.01. The Bertz CT molecular complexity index is 923. The molecule has 1 atom stereocenters. The highest BCUT2D eigenvalue weighted by Crippen LogP contribution is 2.43. The summed E-state index contributed by atoms with van der Waals surface area (Å²) in [5.41, 5.74) is 4.09. The molecule has 0 radical (unpaired) electrons. The summed E-state index contributed by atoms with van der Waals surface area (Å²) in [7, 11) is 0. The van der Waals surface area contributed by atoms with E-state index in [0.29, 0.717) is 12.2 Å². The number of amides is 2. The summed E-state index contributed by atoms with van der Waals surface area (Å²) >= 11 is 1.65. The van der Waals surface area contributed by atoms with Gasteiger partial charge in [-0.15, -0.1) is 11.8 Å². The lowest BCUT2D eigenvalue weighted by molar-refractivity contribution is -0.117. The van der Waals surface area contributed by atoms with Crippen molar-refractivity contribution in [1.82, 2.24) is 0 Å². The molecule has 5 heteroatoms. The number of hydrogen-bond acceptors (Lipinski definition) is 3. The first-order valence-electron chi connectivity index (χ1n) is 11.6. The van der Waals surface area contributed by atoms with Crippen molar-refractivity contribution in [3.63, 3.8) is 0 Å². The largest absolute Gasteiger partial charge is 0.326 e. The van der Waals surface area contributed by atoms with Crippen LogP contribution in [0, 0.1) is 5.92 Å². The summed E-state index contributed by atoms with van der Waals surface area (Å²) in [4.78, 5) is 27.2. The molecule has 0 unspecified atom stereocenters. The van der Waals surface area contributed by atoms with E-state index in [1.54, 1.807) is 11.8 Å². The molecule has 0 aromatic heterocycles. The van der Waals surface area contributed by atoms with Gasteiger partial charge < -0.3 is 5.32 Å². The topological polar surface area (TPSA) is 49.4 Å². The third-order valence-electron chi connectivity index (χ3n) is 6.35. The number of carbonyl (C=O) groups excluding carboxylic acids is 2. The molecule has 1 saturated heterocycles. The lowest BCUT2D eigenvalue weighted by Gasteiger charge is -2.27. The first-order chi connectivity index (χ1) is 15.2. The van der Waals surface area contributed by atoms with E-state index in [2.05, 4.69) is 30.4 Å². The molecule has 164 valence electrons. The molecule has 4 nitrogen and oxygen atoms in total. The second kappa shape index (κ2) is 10.4. The van der Waals surface area contributed by atoms with Gasteiger partial charge in [-0.1, -0.05) is 69.4 Å². The zero-order valence-corrected chi connectivity index (χ0v) is 19.1. The van der Waals surface area contributed by atoms with Crippen LogP contribution < -0.4 is 10.2 Å². The maximum Gasteiger partial charge on any atom is 0.238 e. The Morgan fingerprint density at radius 3 is 2.74 bits per heavy atom. The Balaban J connectivity index is 1.48. The van der Waals surface area contributed by atoms with Crippen molar-refractivity contribution in [2.45, 2.75) is 63.7 Å². The van der Waals surface area contributed by atoms with Crippen LogP contribution in [0.15, 0.2) is 48.5 Å². The van der Waals surface area contributed by atoms with Crippen LogP contribution in [0.1, 0.15) is 68.4 Å². The molecular weight excluding hydrogens is 404 g/mol. The second-order valence-corrected chi connectivity index (χ2v) is 9.74. The van der Waals surface area contributed by atoms with Crippen molar-refractivity contribution in [2.24, 2.45) is 5.92 Å². The smallest absolute Gasteiger partial charge is 0.238 e. The van der Waals surface area contributed by atoms with E-state index in [0.717, 1.165) is 42.1 Å². The van der Waals surface area contributed by atoms with Crippen LogP contribution in [0.25, 0.3) is 0 Å². The molecule has 2 aliphatic rings. The predicted octanol–water partition coefficient (Wildman–Crippen LogP) is 6.33. The number of nitrogens with zero attached hydrogens (tertiary/aromatic N) is 1. The van der Waals surface area contributed by atoms with Crippen molar-refractivity contribution < 1.29 is 9.59 Å². The Labute approximate surface area is 189 Å². The van der Waals surface area contributed by atoms with Gasteiger partial charge in [-0.05, 0) is 48.1 Å². The van der Waals surface area contributed by atoms with Crippen molar-refractivity contribution in [3.05, 3.63) is 59.7 Å². The van der Waals surface area contributed by atoms with Crippen LogP contribution in [-0.2, 0) is 16.0 Å². The summed E-state index contributed by atoms with van der Waals surface area (Å²) in [5.74, 6) is 1.42. The first kappa shape index (κ1) is 21.9. The molecule has 2 aromatic rings. The predicted molar refractivity (Wildman–Crippen MR) is 129 cm³/mol. The average Bonchev–Trinajstić information content (AvgIpc) is 3.43. The highest BCUT2D eigenvalue weighted by atomic mass is 32.2. The summed E-state index contributed by atoms with van der Waals surface area (Å²) in [6.07, 6.45) is 8.72. The van der Waals surface area contributed by atoms with Crippen LogP contribution in [-0.4, -0.2) is 17.6 Å². The number of nitrogens with one attached hydrogen (secondary N) is 1. The minimum atomic E-state index is -0.0687. The van der Waals surface area contributed by atoms with E-state index in [9.17, 15) is 9.59 Å². The molecule has 31 heavy (non-hydrogen) atoms. The van der Waals surface area contributed by atoms with Crippen molar-refractivity contribution >= 4 is 35.0 Å². The van der Waals surface area contributed by atoms with E-state index in [-0.39, 0.29) is 17.2 Å². The monoisotopic (exact) mass is 436 g/mol. The van der Waals surface area contributed by atoms with E-state index in [1.165, 1.54) is 31.2 Å². The maximum atomic E-state index is 12.8. The molecule has 4 rings (SSSR count). The Kier molecular flexibility index (Phi) is 7.33. The van der Waals surface area contributed by atoms with Crippen LogP contribution >= 0.6 is 11.8 Å². The molecule has 2 amide bonds. The van der Waals surface area contributed by atoms with Gasteiger partial charge in [0.05, 0.1) is 5.75 Å². The number of aryl methyl sites for hydroxylation is 1. The molecule has 1 aliphatic heterocycles. The molecular formula is C26H32N2O2S. The number of carbonyl (C=O) groups is 2. The quantitative estimate of drug-likeness (QED) is 0.526. The second-order valence-electron chi connectivity index (χ2n) is 8.67. The lowest BCUT2D eigenvalue weighted by atomic mass is 10.0. The lowest BCUT2D eigenvalue weighted by Crippen LogP contribution is -2.28. The SMILES string of the molecule is CCCc1ccccc1N1C(=O)CS[C@H]1c1cccc(NC(=O)CCC2CCCC2)c1. The molecule has 1 heterocycles. The van der Waals surface area contributed by atoms with Crippen molar-refractivity contribution in [1.29, 1.82) is 0 Å². The number of benzene rings is 2. The number of thioether (sulfide) groups is 1. The fourth-order valence-electron chi connectivity index (χ4n) is 4.79. The third-order valence-corrected chi connectivity index (χ3v) is 7.56. The Hall–Kier alpha value is -2.27. The molecule has 1 saturated carbocycles. The maximum absolute atomic E-state index is 12.8. The van der Waals surface area contributed by atoms with Crippen molar-refractivity contribution in [3.8, 4) is 0 Å². The summed E-state index contributed by atoms with van der Waals surface area (Å²) in [6, 6.07) is 16.2. The Morgan fingerprint density at radius 1 is 1.13 bits per heavy atom. The van der Waals surface area contributed by atoms with Crippen molar-refractivity contribution in [2.75, 3.05) is 16.0 Å². The van der Waals surface area contributed by atoms with Gasteiger partial charge in [0.2, 0.25) is 11.8 Å². The number of hydrogen-bond donors (Lipinski definition) is 1.